The summed E-state index contributed by atoms with van der Waals surface area (Å²) in [5, 5.41) is 0.629. The average molecular weight is 373 g/mol. The van der Waals surface area contributed by atoms with Crippen LogP contribution in [0.3, 0.4) is 0 Å². The number of carbonyl (C=O) groups is 1. The largest absolute Gasteiger partial charge is 0.298 e. The minimum absolute atomic E-state index is 0.0611. The molecule has 0 radical (unpaired) electrons. The van der Waals surface area contributed by atoms with Gasteiger partial charge in [0.1, 0.15) is 10.6 Å². The van der Waals surface area contributed by atoms with Crippen molar-refractivity contribution >= 4 is 55.9 Å². The van der Waals surface area contributed by atoms with Gasteiger partial charge < -0.3 is 0 Å². The summed E-state index contributed by atoms with van der Waals surface area (Å²) in [6.07, 6.45) is 0. The molecule has 0 N–H and O–H groups in total. The lowest BCUT2D eigenvalue weighted by atomic mass is 10.1. The lowest BCUT2D eigenvalue weighted by molar-refractivity contribution is -0.116. The molecule has 70 valence electrons. The fourth-order valence-corrected chi connectivity index (χ4v) is 3.26. The predicted molar refractivity (Wildman–Crippen MR) is 66.5 cm³/mol. The maximum absolute atomic E-state index is 11.1. The molecule has 1 aromatic carbocycles. The van der Waals surface area contributed by atoms with Gasteiger partial charge in [-0.1, -0.05) is 33.6 Å². The second-order valence-corrected chi connectivity index (χ2v) is 5.09. The molecule has 0 saturated carbocycles. The molecule has 1 atom stereocenters. The molecule has 13 heavy (non-hydrogen) atoms. The van der Waals surface area contributed by atoms with Gasteiger partial charge in [0.05, 0.1) is 0 Å². The number of benzene rings is 1. The number of hydrogen-bond acceptors (Lipinski definition) is 1. The predicted octanol–water partition coefficient (Wildman–Crippen LogP) is 3.97. The number of hydrogen-bond donors (Lipinski definition) is 0. The first-order chi connectivity index (χ1) is 6.04. The van der Waals surface area contributed by atoms with E-state index in [1.54, 1.807) is 13.0 Å². The van der Waals surface area contributed by atoms with Crippen LogP contribution in [-0.4, -0.2) is 5.78 Å². The van der Waals surface area contributed by atoms with Crippen LogP contribution in [0.5, 0.6) is 0 Å². The normalized spacial score (nSPS) is 12.6. The smallest absolute Gasteiger partial charge is 0.147 e. The molecule has 0 amide bonds. The Morgan fingerprint density at radius 2 is 2.23 bits per heavy atom. The molecule has 1 unspecified atom stereocenters. The van der Waals surface area contributed by atoms with Gasteiger partial charge in [0.2, 0.25) is 0 Å². The molecule has 1 aromatic rings. The maximum Gasteiger partial charge on any atom is 0.147 e. The highest BCUT2D eigenvalue weighted by molar-refractivity contribution is 14.1. The second-order valence-electron chi connectivity index (χ2n) is 2.61. The Hall–Kier alpha value is 0.390. The summed E-state index contributed by atoms with van der Waals surface area (Å²) >= 11 is 11.5. The van der Waals surface area contributed by atoms with E-state index < -0.39 is 0 Å². The van der Waals surface area contributed by atoms with Crippen LogP contribution in [0.2, 0.25) is 5.02 Å². The Balaban J connectivity index is 3.20. The summed E-state index contributed by atoms with van der Waals surface area (Å²) in [7, 11) is 0. The van der Waals surface area contributed by atoms with Crippen molar-refractivity contribution in [3.63, 3.8) is 0 Å². The molecular weight excluding hydrogens is 366 g/mol. The van der Waals surface area contributed by atoms with E-state index in [0.29, 0.717) is 5.02 Å². The Labute approximate surface area is 104 Å². The summed E-state index contributed by atoms with van der Waals surface area (Å²) in [5.41, 5.74) is 0.859. The number of ketones is 1. The molecule has 0 fully saturated rings. The van der Waals surface area contributed by atoms with Gasteiger partial charge >= 0.3 is 0 Å². The lowest BCUT2D eigenvalue weighted by Crippen LogP contribution is -2.03. The number of carbonyl (C=O) groups excluding carboxylic acids is 1. The van der Waals surface area contributed by atoms with Crippen molar-refractivity contribution in [1.82, 2.24) is 0 Å². The molecule has 1 nitrogen and oxygen atoms in total. The van der Waals surface area contributed by atoms with Crippen LogP contribution < -0.4 is 0 Å². The van der Waals surface area contributed by atoms with Gasteiger partial charge in [-0.3, -0.25) is 4.79 Å². The first kappa shape index (κ1) is 11.5. The van der Waals surface area contributed by atoms with Gasteiger partial charge in [0.15, 0.2) is 0 Å². The zero-order valence-corrected chi connectivity index (χ0v) is 11.4. The van der Waals surface area contributed by atoms with Crippen LogP contribution in [0.25, 0.3) is 0 Å². The van der Waals surface area contributed by atoms with Crippen molar-refractivity contribution in [2.24, 2.45) is 0 Å². The number of rotatable bonds is 2. The van der Waals surface area contributed by atoms with Gasteiger partial charge in [0.25, 0.3) is 0 Å². The highest BCUT2D eigenvalue weighted by atomic mass is 127. The van der Waals surface area contributed by atoms with Crippen molar-refractivity contribution < 1.29 is 4.79 Å². The molecule has 0 aliphatic rings. The number of Topliss-reactive ketones (excluding diaryl/α,β-unsaturated/α-hetero) is 1. The van der Waals surface area contributed by atoms with Gasteiger partial charge in [-0.15, -0.1) is 0 Å². The maximum atomic E-state index is 11.1. The Bertz CT molecular complexity index is 320. The van der Waals surface area contributed by atoms with Crippen LogP contribution >= 0.6 is 50.1 Å². The molecule has 4 heteroatoms. The molecule has 0 aromatic heterocycles. The highest BCUT2D eigenvalue weighted by Gasteiger charge is 2.18. The Kier molecular flexibility index (Phi) is 4.19. The molecule has 0 spiro atoms. The monoisotopic (exact) mass is 372 g/mol. The molecule has 0 bridgehead atoms. The van der Waals surface area contributed by atoms with Gasteiger partial charge in [0, 0.05) is 14.2 Å². The van der Waals surface area contributed by atoms with Gasteiger partial charge in [-0.2, -0.15) is 0 Å². The number of halogens is 3. The summed E-state index contributed by atoms with van der Waals surface area (Å²) in [5.74, 6) is 0.0611. The zero-order chi connectivity index (χ0) is 10.0. The third-order valence-electron chi connectivity index (χ3n) is 1.61. The van der Waals surface area contributed by atoms with E-state index in [4.69, 9.17) is 11.6 Å². The Morgan fingerprint density at radius 1 is 1.62 bits per heavy atom. The van der Waals surface area contributed by atoms with E-state index >= 15 is 0 Å². The van der Waals surface area contributed by atoms with Crippen LogP contribution in [0, 0.1) is 3.57 Å². The van der Waals surface area contributed by atoms with Crippen LogP contribution in [-0.2, 0) is 4.79 Å². The molecule has 1 rings (SSSR count). The van der Waals surface area contributed by atoms with Crippen molar-refractivity contribution in [2.45, 2.75) is 11.8 Å². The van der Waals surface area contributed by atoms with E-state index in [0.717, 1.165) is 9.13 Å². The van der Waals surface area contributed by atoms with Gasteiger partial charge in [-0.25, -0.2) is 0 Å². The average Bonchev–Trinajstić information content (AvgIpc) is 2.03. The fourth-order valence-electron chi connectivity index (χ4n) is 0.956. The molecule has 0 aliphatic carbocycles. The van der Waals surface area contributed by atoms with E-state index in [9.17, 15) is 4.79 Å². The van der Waals surface area contributed by atoms with E-state index in [2.05, 4.69) is 38.5 Å². The third kappa shape index (κ3) is 2.67. The fraction of sp³-hybridized carbons (Fsp3) is 0.222. The van der Waals surface area contributed by atoms with Crippen LogP contribution in [0.1, 0.15) is 17.3 Å². The zero-order valence-electron chi connectivity index (χ0n) is 6.85. The topological polar surface area (TPSA) is 17.1 Å². The summed E-state index contributed by atoms with van der Waals surface area (Å²) in [4.78, 5) is 10.8. The van der Waals surface area contributed by atoms with E-state index in [1.165, 1.54) is 0 Å². The first-order valence-electron chi connectivity index (χ1n) is 3.62. The molecular formula is C9H7BrClIO. The van der Waals surface area contributed by atoms with Gasteiger partial charge in [-0.05, 0) is 41.6 Å². The Morgan fingerprint density at radius 3 is 2.69 bits per heavy atom. The third-order valence-corrected chi connectivity index (χ3v) is 3.98. The summed E-state index contributed by atoms with van der Waals surface area (Å²) < 4.78 is 1.00. The van der Waals surface area contributed by atoms with E-state index in [-0.39, 0.29) is 10.6 Å². The molecule has 0 saturated heterocycles. The quantitative estimate of drug-likeness (QED) is 0.566. The van der Waals surface area contributed by atoms with Crippen molar-refractivity contribution in [2.75, 3.05) is 0 Å². The van der Waals surface area contributed by atoms with E-state index in [1.807, 2.05) is 12.1 Å². The van der Waals surface area contributed by atoms with Crippen molar-refractivity contribution in [3.05, 3.63) is 32.4 Å². The minimum atomic E-state index is -0.298. The summed E-state index contributed by atoms with van der Waals surface area (Å²) in [6.45, 7) is 1.54. The number of alkyl halides is 1. The van der Waals surface area contributed by atoms with Crippen molar-refractivity contribution in [1.29, 1.82) is 0 Å². The molecule has 0 aliphatic heterocycles. The lowest BCUT2D eigenvalue weighted by Gasteiger charge is -2.10. The molecule has 0 heterocycles. The standard InChI is InChI=1S/C9H7BrClIO/c1-5(13)9(10)8-6(11)3-2-4-7(8)12/h2-4,9H,1H3. The second kappa shape index (κ2) is 4.75. The highest BCUT2D eigenvalue weighted by Crippen LogP contribution is 2.33. The van der Waals surface area contributed by atoms with Crippen LogP contribution in [0.15, 0.2) is 18.2 Å². The first-order valence-corrected chi connectivity index (χ1v) is 5.99. The van der Waals surface area contributed by atoms with Crippen LogP contribution in [0.4, 0.5) is 0 Å². The minimum Gasteiger partial charge on any atom is -0.298 e. The van der Waals surface area contributed by atoms with Crippen molar-refractivity contribution in [3.8, 4) is 0 Å². The SMILES string of the molecule is CC(=O)C(Br)c1c(Cl)cccc1I. The summed E-state index contributed by atoms with van der Waals surface area (Å²) in [6, 6.07) is 5.59.